The maximum atomic E-state index is 6.40. The lowest BCUT2D eigenvalue weighted by Crippen LogP contribution is -2.42. The van der Waals surface area contributed by atoms with E-state index in [2.05, 4.69) is 24.9 Å². The Morgan fingerprint density at radius 3 is 2.70 bits per heavy atom. The van der Waals surface area contributed by atoms with Crippen molar-refractivity contribution in [1.29, 1.82) is 0 Å². The Morgan fingerprint density at radius 1 is 1.30 bits per heavy atom. The SMILES string of the molecule is COc1ccccc1C(N)CN(C)C1CCCCC1C. The first kappa shape index (κ1) is 15.3. The third-order valence-corrected chi connectivity index (χ3v) is 4.66. The van der Waals surface area contributed by atoms with E-state index in [1.165, 1.54) is 25.7 Å². The minimum Gasteiger partial charge on any atom is -0.496 e. The minimum atomic E-state index is 0.00489. The van der Waals surface area contributed by atoms with Gasteiger partial charge in [-0.1, -0.05) is 38.0 Å². The monoisotopic (exact) mass is 276 g/mol. The average molecular weight is 276 g/mol. The molecule has 20 heavy (non-hydrogen) atoms. The second-order valence-electron chi connectivity index (χ2n) is 6.12. The van der Waals surface area contributed by atoms with Gasteiger partial charge in [-0.3, -0.25) is 0 Å². The Bertz CT molecular complexity index is 421. The molecule has 0 aromatic heterocycles. The average Bonchev–Trinajstić information content (AvgIpc) is 2.47. The van der Waals surface area contributed by atoms with Crippen molar-refractivity contribution in [2.75, 3.05) is 20.7 Å². The number of rotatable bonds is 5. The molecule has 3 nitrogen and oxygen atoms in total. The second-order valence-corrected chi connectivity index (χ2v) is 6.12. The number of nitrogens with two attached hydrogens (primary N) is 1. The highest BCUT2D eigenvalue weighted by atomic mass is 16.5. The molecule has 1 fully saturated rings. The van der Waals surface area contributed by atoms with Crippen molar-refractivity contribution in [2.45, 2.75) is 44.7 Å². The molecular formula is C17H28N2O. The first-order valence-electron chi connectivity index (χ1n) is 7.72. The summed E-state index contributed by atoms with van der Waals surface area (Å²) in [6, 6.07) is 8.75. The van der Waals surface area contributed by atoms with Crippen LogP contribution in [0, 0.1) is 5.92 Å². The van der Waals surface area contributed by atoms with Gasteiger partial charge in [0.1, 0.15) is 5.75 Å². The topological polar surface area (TPSA) is 38.5 Å². The molecule has 2 N–H and O–H groups in total. The summed E-state index contributed by atoms with van der Waals surface area (Å²) in [4.78, 5) is 2.45. The molecule has 1 aromatic carbocycles. The van der Waals surface area contributed by atoms with Crippen LogP contribution in [0.4, 0.5) is 0 Å². The minimum absolute atomic E-state index is 0.00489. The van der Waals surface area contributed by atoms with E-state index < -0.39 is 0 Å². The van der Waals surface area contributed by atoms with E-state index >= 15 is 0 Å². The molecule has 1 aliphatic carbocycles. The van der Waals surface area contributed by atoms with Gasteiger partial charge in [-0.2, -0.15) is 0 Å². The molecule has 3 atom stereocenters. The number of benzene rings is 1. The van der Waals surface area contributed by atoms with Gasteiger partial charge in [-0.05, 0) is 31.9 Å². The Hall–Kier alpha value is -1.06. The maximum absolute atomic E-state index is 6.40. The van der Waals surface area contributed by atoms with Crippen LogP contribution in [0.5, 0.6) is 5.75 Å². The van der Waals surface area contributed by atoms with E-state index in [9.17, 15) is 0 Å². The molecule has 0 amide bonds. The molecule has 3 unspecified atom stereocenters. The van der Waals surface area contributed by atoms with Crippen LogP contribution in [0.25, 0.3) is 0 Å². The molecule has 3 heteroatoms. The molecule has 0 radical (unpaired) electrons. The lowest BCUT2D eigenvalue weighted by Gasteiger charge is -2.37. The van der Waals surface area contributed by atoms with E-state index in [0.29, 0.717) is 6.04 Å². The molecule has 1 aromatic rings. The van der Waals surface area contributed by atoms with Crippen LogP contribution >= 0.6 is 0 Å². The number of hydrogen-bond donors (Lipinski definition) is 1. The van der Waals surface area contributed by atoms with Crippen molar-refractivity contribution in [2.24, 2.45) is 11.7 Å². The van der Waals surface area contributed by atoms with Crippen LogP contribution < -0.4 is 10.5 Å². The van der Waals surface area contributed by atoms with Crippen LogP contribution in [0.3, 0.4) is 0 Å². The molecule has 1 aliphatic rings. The summed E-state index contributed by atoms with van der Waals surface area (Å²) in [6.45, 7) is 3.25. The zero-order valence-electron chi connectivity index (χ0n) is 13.0. The van der Waals surface area contributed by atoms with Gasteiger partial charge in [0.15, 0.2) is 0 Å². The quantitative estimate of drug-likeness (QED) is 0.897. The van der Waals surface area contributed by atoms with Gasteiger partial charge in [-0.25, -0.2) is 0 Å². The highest BCUT2D eigenvalue weighted by Gasteiger charge is 2.26. The number of para-hydroxylation sites is 1. The molecule has 0 spiro atoms. The Balaban J connectivity index is 2.01. The van der Waals surface area contributed by atoms with Crippen molar-refractivity contribution in [3.05, 3.63) is 29.8 Å². The van der Waals surface area contributed by atoms with Crippen LogP contribution in [0.2, 0.25) is 0 Å². The molecule has 0 aliphatic heterocycles. The normalized spacial score (nSPS) is 24.6. The summed E-state index contributed by atoms with van der Waals surface area (Å²) in [6.07, 6.45) is 5.38. The van der Waals surface area contributed by atoms with Gasteiger partial charge in [0.2, 0.25) is 0 Å². The van der Waals surface area contributed by atoms with E-state index in [1.54, 1.807) is 7.11 Å². The fourth-order valence-electron chi connectivity index (χ4n) is 3.47. The first-order chi connectivity index (χ1) is 9.63. The lowest BCUT2D eigenvalue weighted by atomic mass is 9.85. The van der Waals surface area contributed by atoms with Crippen LogP contribution in [0.15, 0.2) is 24.3 Å². The Kier molecular flexibility index (Phi) is 5.44. The summed E-state index contributed by atoms with van der Waals surface area (Å²) < 4.78 is 5.42. The molecular weight excluding hydrogens is 248 g/mol. The molecule has 1 saturated carbocycles. The fourth-order valence-corrected chi connectivity index (χ4v) is 3.47. The molecule has 0 heterocycles. The van der Waals surface area contributed by atoms with Gasteiger partial charge in [0.25, 0.3) is 0 Å². The van der Waals surface area contributed by atoms with Crippen molar-refractivity contribution in [1.82, 2.24) is 4.90 Å². The third kappa shape index (κ3) is 3.53. The van der Waals surface area contributed by atoms with Crippen molar-refractivity contribution in [3.8, 4) is 5.75 Å². The first-order valence-corrected chi connectivity index (χ1v) is 7.72. The molecule has 0 saturated heterocycles. The Labute approximate surface area is 123 Å². The summed E-state index contributed by atoms with van der Waals surface area (Å²) in [5, 5.41) is 0. The van der Waals surface area contributed by atoms with Gasteiger partial charge < -0.3 is 15.4 Å². The zero-order valence-corrected chi connectivity index (χ0v) is 13.0. The number of methoxy groups -OCH3 is 1. The summed E-state index contributed by atoms with van der Waals surface area (Å²) in [7, 11) is 3.92. The number of hydrogen-bond acceptors (Lipinski definition) is 3. The van der Waals surface area contributed by atoms with E-state index in [-0.39, 0.29) is 6.04 Å². The van der Waals surface area contributed by atoms with Crippen LogP contribution in [0.1, 0.15) is 44.2 Å². The molecule has 112 valence electrons. The van der Waals surface area contributed by atoms with Gasteiger partial charge >= 0.3 is 0 Å². The van der Waals surface area contributed by atoms with Crippen LogP contribution in [-0.4, -0.2) is 31.6 Å². The number of ether oxygens (including phenoxy) is 1. The van der Waals surface area contributed by atoms with Crippen LogP contribution in [-0.2, 0) is 0 Å². The molecule has 2 rings (SSSR count). The van der Waals surface area contributed by atoms with Gasteiger partial charge in [0, 0.05) is 24.2 Å². The van der Waals surface area contributed by atoms with Gasteiger partial charge in [0.05, 0.1) is 7.11 Å². The lowest BCUT2D eigenvalue weighted by molar-refractivity contribution is 0.132. The Morgan fingerprint density at radius 2 is 2.00 bits per heavy atom. The summed E-state index contributed by atoms with van der Waals surface area (Å²) in [5.41, 5.74) is 7.50. The highest BCUT2D eigenvalue weighted by molar-refractivity contribution is 5.35. The predicted molar refractivity (Wildman–Crippen MR) is 84.0 cm³/mol. The van der Waals surface area contributed by atoms with E-state index in [1.807, 2.05) is 18.2 Å². The second kappa shape index (κ2) is 7.09. The van der Waals surface area contributed by atoms with E-state index in [4.69, 9.17) is 10.5 Å². The van der Waals surface area contributed by atoms with E-state index in [0.717, 1.165) is 23.8 Å². The number of nitrogens with zero attached hydrogens (tertiary/aromatic N) is 1. The van der Waals surface area contributed by atoms with Crippen molar-refractivity contribution >= 4 is 0 Å². The van der Waals surface area contributed by atoms with Crippen molar-refractivity contribution in [3.63, 3.8) is 0 Å². The van der Waals surface area contributed by atoms with Crippen molar-refractivity contribution < 1.29 is 4.74 Å². The molecule has 0 bridgehead atoms. The largest absolute Gasteiger partial charge is 0.496 e. The van der Waals surface area contributed by atoms with Gasteiger partial charge in [-0.15, -0.1) is 0 Å². The predicted octanol–water partition coefficient (Wildman–Crippen LogP) is 3.21. The maximum Gasteiger partial charge on any atom is 0.123 e. The highest BCUT2D eigenvalue weighted by Crippen LogP contribution is 2.29. The smallest absolute Gasteiger partial charge is 0.123 e. The summed E-state index contributed by atoms with van der Waals surface area (Å²) >= 11 is 0. The number of likely N-dealkylation sites (N-methyl/N-ethyl adjacent to an activating group) is 1. The standard InChI is InChI=1S/C17H28N2O/c1-13-8-4-6-10-16(13)19(2)12-15(18)14-9-5-7-11-17(14)20-3/h5,7,9,11,13,15-16H,4,6,8,10,12,18H2,1-3H3. The fraction of sp³-hybridized carbons (Fsp3) is 0.647. The summed E-state index contributed by atoms with van der Waals surface area (Å²) in [5.74, 6) is 1.67. The third-order valence-electron chi connectivity index (χ3n) is 4.66. The zero-order chi connectivity index (χ0) is 14.5.